The molecule has 1 amide bonds. The normalized spacial score (nSPS) is 12.8. The number of carbonyl (C=O) groups is 1. The quantitative estimate of drug-likeness (QED) is 0.518. The molecule has 2 rings (SSSR count). The van der Waals surface area contributed by atoms with Crippen molar-refractivity contribution in [3.8, 4) is 11.5 Å². The molecule has 1 aliphatic heterocycles. The third kappa shape index (κ3) is 11.6. The van der Waals surface area contributed by atoms with Gasteiger partial charge >= 0.3 is 0 Å². The fourth-order valence-corrected chi connectivity index (χ4v) is 2.46. The molecule has 1 fully saturated rings. The van der Waals surface area contributed by atoms with Crippen molar-refractivity contribution in [3.63, 3.8) is 0 Å². The number of nitrogens with one attached hydrogen (secondary N) is 2. The average molecular weight is 395 g/mol. The van der Waals surface area contributed by atoms with Gasteiger partial charge in [0, 0.05) is 31.7 Å². The molecule has 1 saturated heterocycles. The lowest BCUT2D eigenvalue weighted by Gasteiger charge is -2.13. The molecule has 0 aromatic heterocycles. The Morgan fingerprint density at radius 1 is 1.11 bits per heavy atom. The minimum Gasteiger partial charge on any atom is -0.493 e. The van der Waals surface area contributed by atoms with Crippen LogP contribution in [-0.2, 0) is 4.74 Å². The maximum Gasteiger partial charge on any atom is 0.251 e. The fourth-order valence-electron chi connectivity index (χ4n) is 2.46. The van der Waals surface area contributed by atoms with Crippen LogP contribution in [0.3, 0.4) is 0 Å². The van der Waals surface area contributed by atoms with Crippen molar-refractivity contribution < 1.29 is 19.0 Å². The summed E-state index contributed by atoms with van der Waals surface area (Å²) in [6, 6.07) is 5.25. The molecule has 28 heavy (non-hydrogen) atoms. The van der Waals surface area contributed by atoms with E-state index in [0.717, 1.165) is 6.42 Å². The van der Waals surface area contributed by atoms with Crippen LogP contribution in [0.1, 0.15) is 49.9 Å². The number of piperidine rings is 1. The van der Waals surface area contributed by atoms with E-state index in [0.29, 0.717) is 30.3 Å². The summed E-state index contributed by atoms with van der Waals surface area (Å²) in [5, 5.41) is 6.13. The Labute approximate surface area is 170 Å². The van der Waals surface area contributed by atoms with Crippen molar-refractivity contribution in [1.29, 1.82) is 0 Å². The Kier molecular flexibility index (Phi) is 15.8. The molecule has 1 aromatic rings. The second-order valence-electron chi connectivity index (χ2n) is 6.50. The van der Waals surface area contributed by atoms with Gasteiger partial charge in [0.05, 0.1) is 13.7 Å². The van der Waals surface area contributed by atoms with Crippen molar-refractivity contribution in [2.24, 2.45) is 0 Å². The van der Waals surface area contributed by atoms with Gasteiger partial charge in [-0.05, 0) is 58.0 Å². The van der Waals surface area contributed by atoms with Gasteiger partial charge in [0.25, 0.3) is 5.91 Å². The van der Waals surface area contributed by atoms with Crippen LogP contribution in [0.5, 0.6) is 11.5 Å². The highest BCUT2D eigenvalue weighted by molar-refractivity contribution is 5.95. The highest BCUT2D eigenvalue weighted by Crippen LogP contribution is 2.28. The van der Waals surface area contributed by atoms with E-state index >= 15 is 0 Å². The third-order valence-electron chi connectivity index (χ3n) is 3.80. The van der Waals surface area contributed by atoms with Gasteiger partial charge in [-0.25, -0.2) is 0 Å². The van der Waals surface area contributed by atoms with Gasteiger partial charge in [0.15, 0.2) is 11.5 Å². The van der Waals surface area contributed by atoms with Gasteiger partial charge in [-0.15, -0.1) is 13.2 Å². The molecule has 0 saturated carbocycles. The summed E-state index contributed by atoms with van der Waals surface area (Å²) in [6.07, 6.45) is 5.00. The second-order valence-corrected chi connectivity index (χ2v) is 6.50. The molecule has 2 N–H and O–H groups in total. The van der Waals surface area contributed by atoms with Crippen LogP contribution >= 0.6 is 0 Å². The SMILES string of the molecule is C1CCNCC1.C=C.COCCCOc1cc(C(=O)NC(C)C)ccc1OC. The minimum atomic E-state index is -0.121. The van der Waals surface area contributed by atoms with Gasteiger partial charge in [0.1, 0.15) is 0 Å². The molecule has 160 valence electrons. The number of rotatable bonds is 8. The van der Waals surface area contributed by atoms with Gasteiger partial charge in [-0.2, -0.15) is 0 Å². The molecular weight excluding hydrogens is 356 g/mol. The first-order valence-electron chi connectivity index (χ1n) is 9.89. The number of benzene rings is 1. The molecule has 6 heteroatoms. The Morgan fingerprint density at radius 2 is 1.79 bits per heavy atom. The largest absolute Gasteiger partial charge is 0.493 e. The van der Waals surface area contributed by atoms with Gasteiger partial charge in [-0.1, -0.05) is 6.42 Å². The lowest BCUT2D eigenvalue weighted by molar-refractivity contribution is 0.0942. The van der Waals surface area contributed by atoms with Crippen LogP contribution in [0.25, 0.3) is 0 Å². The molecule has 0 unspecified atom stereocenters. The number of carbonyl (C=O) groups excluding carboxylic acids is 1. The number of amides is 1. The summed E-state index contributed by atoms with van der Waals surface area (Å²) in [6.45, 7) is 13.5. The summed E-state index contributed by atoms with van der Waals surface area (Å²) in [5.41, 5.74) is 0.557. The predicted molar refractivity (Wildman–Crippen MR) is 116 cm³/mol. The maximum atomic E-state index is 12.0. The van der Waals surface area contributed by atoms with E-state index in [4.69, 9.17) is 14.2 Å². The number of hydrogen-bond acceptors (Lipinski definition) is 5. The summed E-state index contributed by atoms with van der Waals surface area (Å²) in [4.78, 5) is 12.0. The zero-order chi connectivity index (χ0) is 21.2. The first kappa shape index (κ1) is 26.0. The number of hydrogen-bond donors (Lipinski definition) is 2. The molecule has 1 aromatic carbocycles. The molecule has 0 aliphatic carbocycles. The topological polar surface area (TPSA) is 68.8 Å². The van der Waals surface area contributed by atoms with Crippen molar-refractivity contribution in [3.05, 3.63) is 36.9 Å². The molecule has 1 heterocycles. The average Bonchev–Trinajstić information content (AvgIpc) is 2.74. The van der Waals surface area contributed by atoms with Crippen molar-refractivity contribution in [2.75, 3.05) is 40.5 Å². The molecule has 0 radical (unpaired) electrons. The first-order chi connectivity index (χ1) is 13.6. The zero-order valence-corrected chi connectivity index (χ0v) is 18.0. The fraction of sp³-hybridized carbons (Fsp3) is 0.591. The van der Waals surface area contributed by atoms with Crippen LogP contribution < -0.4 is 20.1 Å². The lowest BCUT2D eigenvalue weighted by atomic mass is 10.1. The predicted octanol–water partition coefficient (Wildman–Crippen LogP) is 3.81. The molecule has 1 aliphatic rings. The molecule has 0 spiro atoms. The Morgan fingerprint density at radius 3 is 2.25 bits per heavy atom. The van der Waals surface area contributed by atoms with Crippen molar-refractivity contribution in [2.45, 2.75) is 45.6 Å². The summed E-state index contributed by atoms with van der Waals surface area (Å²) < 4.78 is 15.8. The standard InChI is InChI=1S/C15H23NO4.C5H11N.C2H4/c1-11(2)16-15(17)12-6-7-13(19-4)14(10-12)20-9-5-8-18-3;1-2-4-6-5-3-1;1-2/h6-7,10-11H,5,8-9H2,1-4H3,(H,16,17);6H,1-5H2;1-2H2. The Hall–Kier alpha value is -2.05. The molecule has 0 atom stereocenters. The maximum absolute atomic E-state index is 12.0. The lowest BCUT2D eigenvalue weighted by Crippen LogP contribution is -2.30. The van der Waals surface area contributed by atoms with Gasteiger partial charge < -0.3 is 24.8 Å². The molecule has 6 nitrogen and oxygen atoms in total. The summed E-state index contributed by atoms with van der Waals surface area (Å²) in [7, 11) is 3.22. The molecule has 0 bridgehead atoms. The molecular formula is C22H38N2O4. The van der Waals surface area contributed by atoms with E-state index in [2.05, 4.69) is 23.8 Å². The van der Waals surface area contributed by atoms with E-state index < -0.39 is 0 Å². The van der Waals surface area contributed by atoms with Crippen LogP contribution in [-0.4, -0.2) is 52.5 Å². The monoisotopic (exact) mass is 394 g/mol. The van der Waals surface area contributed by atoms with E-state index in [-0.39, 0.29) is 11.9 Å². The highest BCUT2D eigenvalue weighted by Gasteiger charge is 2.12. The minimum absolute atomic E-state index is 0.0932. The Balaban J connectivity index is 0.000000759. The second kappa shape index (κ2) is 17.1. The van der Waals surface area contributed by atoms with Crippen LogP contribution in [0.4, 0.5) is 0 Å². The first-order valence-corrected chi connectivity index (χ1v) is 9.89. The summed E-state index contributed by atoms with van der Waals surface area (Å²) >= 11 is 0. The van der Waals surface area contributed by atoms with E-state index in [1.54, 1.807) is 32.4 Å². The zero-order valence-electron chi connectivity index (χ0n) is 18.0. The van der Waals surface area contributed by atoms with Crippen molar-refractivity contribution in [1.82, 2.24) is 10.6 Å². The highest BCUT2D eigenvalue weighted by atomic mass is 16.5. The van der Waals surface area contributed by atoms with Gasteiger partial charge in [-0.3, -0.25) is 4.79 Å². The number of methoxy groups -OCH3 is 2. The third-order valence-corrected chi connectivity index (χ3v) is 3.80. The van der Waals surface area contributed by atoms with Crippen molar-refractivity contribution >= 4 is 5.91 Å². The summed E-state index contributed by atoms with van der Waals surface area (Å²) in [5.74, 6) is 1.06. The van der Waals surface area contributed by atoms with E-state index in [1.165, 1.54) is 32.4 Å². The van der Waals surface area contributed by atoms with Crippen LogP contribution in [0.2, 0.25) is 0 Å². The Bertz CT molecular complexity index is 520. The number of ether oxygens (including phenoxy) is 3. The van der Waals surface area contributed by atoms with E-state index in [9.17, 15) is 4.79 Å². The van der Waals surface area contributed by atoms with E-state index in [1.807, 2.05) is 13.8 Å². The van der Waals surface area contributed by atoms with Crippen LogP contribution in [0.15, 0.2) is 31.4 Å². The smallest absolute Gasteiger partial charge is 0.251 e. The van der Waals surface area contributed by atoms with Crippen LogP contribution in [0, 0.1) is 0 Å². The van der Waals surface area contributed by atoms with Gasteiger partial charge in [0.2, 0.25) is 0 Å².